The smallest absolute Gasteiger partial charge is 0.118 e. The van der Waals surface area contributed by atoms with Crippen molar-refractivity contribution in [2.75, 3.05) is 13.0 Å². The minimum absolute atomic E-state index is 0.326. The average molecular weight is 239 g/mol. The normalized spacial score (nSPS) is 11.5. The Balaban J connectivity index is 2.27. The number of hydrogen-bond acceptors (Lipinski definition) is 3. The van der Waals surface area contributed by atoms with Crippen molar-refractivity contribution in [1.29, 1.82) is 0 Å². The van der Waals surface area contributed by atoms with Crippen molar-refractivity contribution in [2.45, 2.75) is 32.1 Å². The first-order valence-electron chi connectivity index (χ1n) is 5.49. The van der Waals surface area contributed by atoms with Gasteiger partial charge in [-0.3, -0.25) is 0 Å². The first-order chi connectivity index (χ1) is 7.51. The van der Waals surface area contributed by atoms with Crippen molar-refractivity contribution in [2.24, 2.45) is 0 Å². The van der Waals surface area contributed by atoms with Crippen molar-refractivity contribution in [3.8, 4) is 5.75 Å². The summed E-state index contributed by atoms with van der Waals surface area (Å²) in [6.45, 7) is 7.60. The molecule has 1 rings (SSSR count). The van der Waals surface area contributed by atoms with Crippen LogP contribution >= 0.6 is 11.8 Å². The lowest BCUT2D eigenvalue weighted by molar-refractivity contribution is 0.414. The monoisotopic (exact) mass is 239 g/mol. The molecule has 1 N–H and O–H groups in total. The summed E-state index contributed by atoms with van der Waals surface area (Å²) in [7, 11) is 1.69. The van der Waals surface area contributed by atoms with Crippen LogP contribution in [0.2, 0.25) is 0 Å². The Morgan fingerprint density at radius 1 is 1.19 bits per heavy atom. The van der Waals surface area contributed by atoms with Crippen LogP contribution in [-0.4, -0.2) is 17.7 Å². The van der Waals surface area contributed by atoms with Gasteiger partial charge in [0.15, 0.2) is 0 Å². The Bertz CT molecular complexity index is 303. The molecule has 0 saturated carbocycles. The summed E-state index contributed by atoms with van der Waals surface area (Å²) in [5.74, 6) is 1.89. The fourth-order valence-electron chi connectivity index (χ4n) is 1.21. The maximum absolute atomic E-state index is 5.11. The Labute approximate surface area is 103 Å². The van der Waals surface area contributed by atoms with Crippen molar-refractivity contribution >= 4 is 11.8 Å². The van der Waals surface area contributed by atoms with E-state index in [0.29, 0.717) is 4.75 Å². The molecule has 0 aliphatic carbocycles. The van der Waals surface area contributed by atoms with Gasteiger partial charge in [0.1, 0.15) is 5.75 Å². The summed E-state index contributed by atoms with van der Waals surface area (Å²) in [6.07, 6.45) is 0. The first kappa shape index (κ1) is 13.4. The molecule has 0 atom stereocenters. The van der Waals surface area contributed by atoms with Gasteiger partial charge in [-0.2, -0.15) is 0 Å². The molecule has 2 nitrogen and oxygen atoms in total. The van der Waals surface area contributed by atoms with Crippen molar-refractivity contribution in [1.82, 2.24) is 5.32 Å². The highest BCUT2D eigenvalue weighted by atomic mass is 32.2. The minimum atomic E-state index is 0.326. The van der Waals surface area contributed by atoms with Crippen LogP contribution < -0.4 is 10.1 Å². The molecule has 0 radical (unpaired) electrons. The van der Waals surface area contributed by atoms with Crippen molar-refractivity contribution in [3.63, 3.8) is 0 Å². The Hall–Kier alpha value is -0.670. The zero-order valence-corrected chi connectivity index (χ0v) is 11.4. The first-order valence-corrected chi connectivity index (χ1v) is 6.47. The average Bonchev–Trinajstić information content (AvgIpc) is 2.24. The van der Waals surface area contributed by atoms with E-state index in [1.165, 1.54) is 5.56 Å². The Morgan fingerprint density at radius 3 is 2.31 bits per heavy atom. The number of ether oxygens (including phenoxy) is 1. The molecule has 0 bridgehead atoms. The topological polar surface area (TPSA) is 21.3 Å². The van der Waals surface area contributed by atoms with E-state index < -0.39 is 0 Å². The second-order valence-corrected chi connectivity index (χ2v) is 6.48. The fourth-order valence-corrected chi connectivity index (χ4v) is 1.84. The molecule has 0 heterocycles. The zero-order chi connectivity index (χ0) is 12.0. The van der Waals surface area contributed by atoms with E-state index in [-0.39, 0.29) is 0 Å². The van der Waals surface area contributed by atoms with Crippen molar-refractivity contribution in [3.05, 3.63) is 29.8 Å². The number of benzene rings is 1. The molecule has 0 fully saturated rings. The van der Waals surface area contributed by atoms with Gasteiger partial charge in [0.05, 0.1) is 7.11 Å². The molecule has 0 amide bonds. The van der Waals surface area contributed by atoms with Crippen LogP contribution in [0.25, 0.3) is 0 Å². The number of hydrogen-bond donors (Lipinski definition) is 1. The number of methoxy groups -OCH3 is 1. The third kappa shape index (κ3) is 5.42. The van der Waals surface area contributed by atoms with Gasteiger partial charge in [-0.05, 0) is 17.7 Å². The standard InChI is InChI=1S/C13H21NOS/c1-13(2,3)16-10-14-9-11-5-7-12(15-4)8-6-11/h5-8,14H,9-10H2,1-4H3. The largest absolute Gasteiger partial charge is 0.497 e. The lowest BCUT2D eigenvalue weighted by Gasteiger charge is -2.17. The lowest BCUT2D eigenvalue weighted by atomic mass is 10.2. The molecular weight excluding hydrogens is 218 g/mol. The van der Waals surface area contributed by atoms with Crippen LogP contribution in [0.4, 0.5) is 0 Å². The molecule has 1 aromatic rings. The highest BCUT2D eigenvalue weighted by molar-refractivity contribution is 8.00. The van der Waals surface area contributed by atoms with Gasteiger partial charge >= 0.3 is 0 Å². The van der Waals surface area contributed by atoms with E-state index in [1.54, 1.807) is 7.11 Å². The summed E-state index contributed by atoms with van der Waals surface area (Å²) in [4.78, 5) is 0. The van der Waals surface area contributed by atoms with Gasteiger partial charge in [-0.25, -0.2) is 0 Å². The quantitative estimate of drug-likeness (QED) is 0.629. The molecule has 1 aromatic carbocycles. The highest BCUT2D eigenvalue weighted by Crippen LogP contribution is 2.21. The van der Waals surface area contributed by atoms with E-state index in [4.69, 9.17) is 4.74 Å². The maximum Gasteiger partial charge on any atom is 0.118 e. The maximum atomic E-state index is 5.11. The highest BCUT2D eigenvalue weighted by Gasteiger charge is 2.09. The van der Waals surface area contributed by atoms with E-state index >= 15 is 0 Å². The van der Waals surface area contributed by atoms with Crippen LogP contribution in [0.5, 0.6) is 5.75 Å². The predicted molar refractivity (Wildman–Crippen MR) is 72.0 cm³/mol. The molecule has 0 unspecified atom stereocenters. The van der Waals surface area contributed by atoms with Crippen LogP contribution in [0.3, 0.4) is 0 Å². The molecule has 0 spiro atoms. The molecule has 0 aromatic heterocycles. The molecule has 0 saturated heterocycles. The van der Waals surface area contributed by atoms with E-state index in [2.05, 4.69) is 38.2 Å². The second kappa shape index (κ2) is 6.16. The predicted octanol–water partition coefficient (Wildman–Crippen LogP) is 3.27. The fraction of sp³-hybridized carbons (Fsp3) is 0.538. The van der Waals surface area contributed by atoms with Gasteiger partial charge in [-0.15, -0.1) is 11.8 Å². The molecule has 0 aliphatic rings. The van der Waals surface area contributed by atoms with Gasteiger partial charge in [0.2, 0.25) is 0 Å². The Morgan fingerprint density at radius 2 is 1.81 bits per heavy atom. The van der Waals surface area contributed by atoms with E-state index in [1.807, 2.05) is 23.9 Å². The second-order valence-electron chi connectivity index (χ2n) is 4.68. The molecule has 90 valence electrons. The van der Waals surface area contributed by atoms with Crippen LogP contribution in [-0.2, 0) is 6.54 Å². The molecule has 3 heteroatoms. The van der Waals surface area contributed by atoms with Crippen molar-refractivity contribution < 1.29 is 4.74 Å². The van der Waals surface area contributed by atoms with Gasteiger partial charge in [0, 0.05) is 17.2 Å². The van der Waals surface area contributed by atoms with Crippen LogP contribution in [0, 0.1) is 0 Å². The third-order valence-electron chi connectivity index (χ3n) is 2.10. The van der Waals surface area contributed by atoms with E-state index in [0.717, 1.165) is 18.2 Å². The SMILES string of the molecule is COc1ccc(CNCSC(C)(C)C)cc1. The molecule has 0 aliphatic heterocycles. The third-order valence-corrected chi connectivity index (χ3v) is 3.31. The van der Waals surface area contributed by atoms with Gasteiger partial charge in [0.25, 0.3) is 0 Å². The summed E-state index contributed by atoms with van der Waals surface area (Å²) >= 11 is 1.92. The van der Waals surface area contributed by atoms with Gasteiger partial charge < -0.3 is 10.1 Å². The molecular formula is C13H21NOS. The van der Waals surface area contributed by atoms with Gasteiger partial charge in [-0.1, -0.05) is 32.9 Å². The lowest BCUT2D eigenvalue weighted by Crippen LogP contribution is -2.18. The zero-order valence-electron chi connectivity index (χ0n) is 10.5. The summed E-state index contributed by atoms with van der Waals surface area (Å²) in [5.41, 5.74) is 1.29. The number of rotatable bonds is 5. The summed E-state index contributed by atoms with van der Waals surface area (Å²) < 4.78 is 5.44. The minimum Gasteiger partial charge on any atom is -0.497 e. The number of nitrogens with one attached hydrogen (secondary N) is 1. The van der Waals surface area contributed by atoms with Crippen LogP contribution in [0.1, 0.15) is 26.3 Å². The van der Waals surface area contributed by atoms with E-state index in [9.17, 15) is 0 Å². The number of thioether (sulfide) groups is 1. The van der Waals surface area contributed by atoms with Crippen LogP contribution in [0.15, 0.2) is 24.3 Å². The summed E-state index contributed by atoms with van der Waals surface area (Å²) in [5, 5.41) is 3.42. The summed E-state index contributed by atoms with van der Waals surface area (Å²) in [6, 6.07) is 8.17. The Kier molecular flexibility index (Phi) is 5.16. The molecule has 16 heavy (non-hydrogen) atoms.